The number of aryl methyl sites for hydroxylation is 1. The topological polar surface area (TPSA) is 72.7 Å². The Morgan fingerprint density at radius 2 is 1.78 bits per heavy atom. The molecule has 0 aliphatic heterocycles. The minimum atomic E-state index is 0.0648. The van der Waals surface area contributed by atoms with Crippen LogP contribution in [0.1, 0.15) is 44.1 Å². The van der Waals surface area contributed by atoms with Crippen molar-refractivity contribution < 1.29 is 4.79 Å². The van der Waals surface area contributed by atoms with E-state index in [2.05, 4.69) is 20.8 Å². The first-order valence-corrected chi connectivity index (χ1v) is 10.9. The van der Waals surface area contributed by atoms with Gasteiger partial charge in [0.05, 0.1) is 11.4 Å². The molecule has 7 heteroatoms. The fourth-order valence-corrected chi connectivity index (χ4v) is 6.53. The Hall–Kier alpha value is -1.89. The number of thioether (sulfide) groups is 1. The third-order valence-corrected chi connectivity index (χ3v) is 7.41. The molecule has 0 spiro atoms. The Labute approximate surface area is 163 Å². The number of carbonyl (C=O) groups excluding carboxylic acids is 1. The van der Waals surface area contributed by atoms with Crippen LogP contribution in [0, 0.1) is 24.7 Å². The number of tetrazole rings is 1. The molecule has 6 nitrogen and oxygen atoms in total. The third-order valence-electron chi connectivity index (χ3n) is 6.49. The Kier molecular flexibility index (Phi) is 4.22. The first-order valence-electron chi connectivity index (χ1n) is 9.88. The van der Waals surface area contributed by atoms with E-state index in [9.17, 15) is 4.79 Å². The number of benzene rings is 1. The summed E-state index contributed by atoms with van der Waals surface area (Å²) in [6, 6.07) is 8.05. The SMILES string of the molecule is Cc1ccc(-n2nnnc2SCC(=O)NC23CC4CC(CC(C4)C2)C3)cc1. The smallest absolute Gasteiger partial charge is 0.230 e. The van der Waals surface area contributed by atoms with Crippen LogP contribution in [-0.2, 0) is 4.79 Å². The number of amides is 1. The van der Waals surface area contributed by atoms with Crippen molar-refractivity contribution in [3.63, 3.8) is 0 Å². The van der Waals surface area contributed by atoms with Crippen LogP contribution in [0.15, 0.2) is 29.4 Å². The van der Waals surface area contributed by atoms with Gasteiger partial charge in [-0.2, -0.15) is 4.68 Å². The molecule has 1 heterocycles. The van der Waals surface area contributed by atoms with Gasteiger partial charge in [0.2, 0.25) is 11.1 Å². The molecule has 0 saturated heterocycles. The summed E-state index contributed by atoms with van der Waals surface area (Å²) in [5.41, 5.74) is 2.17. The minimum Gasteiger partial charge on any atom is -0.350 e. The van der Waals surface area contributed by atoms with Gasteiger partial charge < -0.3 is 5.32 Å². The van der Waals surface area contributed by atoms with E-state index in [1.807, 2.05) is 31.2 Å². The first kappa shape index (κ1) is 17.2. The summed E-state index contributed by atoms with van der Waals surface area (Å²) < 4.78 is 1.70. The van der Waals surface area contributed by atoms with Crippen LogP contribution in [0.3, 0.4) is 0 Å². The second-order valence-corrected chi connectivity index (χ2v) is 9.69. The monoisotopic (exact) mass is 383 g/mol. The van der Waals surface area contributed by atoms with Crippen molar-refractivity contribution in [3.8, 4) is 5.69 Å². The van der Waals surface area contributed by atoms with Crippen LogP contribution >= 0.6 is 11.8 Å². The quantitative estimate of drug-likeness (QED) is 0.803. The average molecular weight is 384 g/mol. The van der Waals surface area contributed by atoms with Crippen molar-refractivity contribution in [1.82, 2.24) is 25.5 Å². The van der Waals surface area contributed by atoms with Crippen molar-refractivity contribution in [3.05, 3.63) is 29.8 Å². The van der Waals surface area contributed by atoms with E-state index in [1.165, 1.54) is 55.9 Å². The summed E-state index contributed by atoms with van der Waals surface area (Å²) >= 11 is 1.40. The van der Waals surface area contributed by atoms with Gasteiger partial charge in [0.25, 0.3) is 0 Å². The molecule has 0 unspecified atom stereocenters. The zero-order chi connectivity index (χ0) is 18.4. The molecule has 1 N–H and O–H groups in total. The molecule has 27 heavy (non-hydrogen) atoms. The zero-order valence-electron chi connectivity index (χ0n) is 15.6. The Bertz CT molecular complexity index is 811. The van der Waals surface area contributed by atoms with Crippen molar-refractivity contribution >= 4 is 17.7 Å². The molecule has 4 aliphatic rings. The lowest BCUT2D eigenvalue weighted by Crippen LogP contribution is -2.60. The van der Waals surface area contributed by atoms with Gasteiger partial charge in [-0.3, -0.25) is 4.79 Å². The van der Waals surface area contributed by atoms with Crippen LogP contribution in [0.2, 0.25) is 0 Å². The summed E-state index contributed by atoms with van der Waals surface area (Å²) in [6.07, 6.45) is 7.68. The highest BCUT2D eigenvalue weighted by molar-refractivity contribution is 7.99. The van der Waals surface area contributed by atoms with Crippen LogP contribution in [0.5, 0.6) is 0 Å². The molecule has 4 fully saturated rings. The van der Waals surface area contributed by atoms with E-state index in [0.29, 0.717) is 10.9 Å². The largest absolute Gasteiger partial charge is 0.350 e. The predicted octanol–water partition coefficient (Wildman–Crippen LogP) is 3.15. The number of hydrogen-bond acceptors (Lipinski definition) is 5. The Morgan fingerprint density at radius 1 is 1.15 bits per heavy atom. The van der Waals surface area contributed by atoms with E-state index >= 15 is 0 Å². The van der Waals surface area contributed by atoms with Gasteiger partial charge in [-0.25, -0.2) is 0 Å². The lowest BCUT2D eigenvalue weighted by Gasteiger charge is -2.56. The van der Waals surface area contributed by atoms with E-state index in [0.717, 1.165) is 23.4 Å². The van der Waals surface area contributed by atoms with Gasteiger partial charge in [-0.15, -0.1) is 5.10 Å². The minimum absolute atomic E-state index is 0.0648. The van der Waals surface area contributed by atoms with Crippen molar-refractivity contribution in [1.29, 1.82) is 0 Å². The van der Waals surface area contributed by atoms with E-state index in [1.54, 1.807) is 4.68 Å². The summed E-state index contributed by atoms with van der Waals surface area (Å²) in [4.78, 5) is 12.7. The summed E-state index contributed by atoms with van der Waals surface area (Å²) in [5, 5.41) is 16.0. The highest BCUT2D eigenvalue weighted by Crippen LogP contribution is 2.55. The van der Waals surface area contributed by atoms with Gasteiger partial charge in [0, 0.05) is 5.54 Å². The molecule has 4 aliphatic carbocycles. The van der Waals surface area contributed by atoms with Crippen LogP contribution in [0.4, 0.5) is 0 Å². The van der Waals surface area contributed by atoms with Crippen LogP contribution in [0.25, 0.3) is 5.69 Å². The molecule has 1 aromatic heterocycles. The van der Waals surface area contributed by atoms with Gasteiger partial charge in [-0.1, -0.05) is 29.5 Å². The first-order chi connectivity index (χ1) is 13.1. The van der Waals surface area contributed by atoms with E-state index < -0.39 is 0 Å². The number of hydrogen-bond donors (Lipinski definition) is 1. The maximum atomic E-state index is 12.7. The molecule has 1 amide bonds. The number of aromatic nitrogens is 4. The number of rotatable bonds is 5. The Balaban J connectivity index is 1.23. The van der Waals surface area contributed by atoms with Crippen LogP contribution < -0.4 is 5.32 Å². The average Bonchev–Trinajstić information content (AvgIpc) is 3.07. The van der Waals surface area contributed by atoms with Crippen molar-refractivity contribution in [2.24, 2.45) is 17.8 Å². The van der Waals surface area contributed by atoms with Gasteiger partial charge in [0.15, 0.2) is 0 Å². The van der Waals surface area contributed by atoms with E-state index in [4.69, 9.17) is 0 Å². The molecule has 4 saturated carbocycles. The molecular weight excluding hydrogens is 358 g/mol. The molecule has 6 rings (SSSR count). The van der Waals surface area contributed by atoms with E-state index in [-0.39, 0.29) is 11.4 Å². The highest BCUT2D eigenvalue weighted by Gasteiger charge is 2.51. The number of nitrogens with one attached hydrogen (secondary N) is 1. The number of carbonyl (C=O) groups is 1. The molecule has 4 bridgehead atoms. The fraction of sp³-hybridized carbons (Fsp3) is 0.600. The van der Waals surface area contributed by atoms with Crippen molar-refractivity contribution in [2.45, 2.75) is 56.1 Å². The summed E-state index contributed by atoms with van der Waals surface area (Å²) in [7, 11) is 0. The molecule has 1 aromatic carbocycles. The third kappa shape index (κ3) is 3.37. The zero-order valence-corrected chi connectivity index (χ0v) is 16.4. The maximum Gasteiger partial charge on any atom is 0.230 e. The summed E-state index contributed by atoms with van der Waals surface area (Å²) in [5.74, 6) is 2.96. The molecule has 0 radical (unpaired) electrons. The predicted molar refractivity (Wildman–Crippen MR) is 104 cm³/mol. The van der Waals surface area contributed by atoms with Crippen molar-refractivity contribution in [2.75, 3.05) is 5.75 Å². The lowest BCUT2D eigenvalue weighted by atomic mass is 9.53. The van der Waals surface area contributed by atoms with Gasteiger partial charge in [0.1, 0.15) is 0 Å². The standard InChI is InChI=1S/C20H25N5OS/c1-13-2-4-17(5-3-13)25-19(22-23-24-25)27-12-18(26)21-20-9-14-6-15(10-20)8-16(7-14)11-20/h2-5,14-16H,6-12H2,1H3,(H,21,26). The maximum absolute atomic E-state index is 12.7. The van der Waals surface area contributed by atoms with Gasteiger partial charge in [-0.05, 0) is 85.8 Å². The summed E-state index contributed by atoms with van der Waals surface area (Å²) in [6.45, 7) is 2.05. The lowest BCUT2D eigenvalue weighted by molar-refractivity contribution is -0.124. The second kappa shape index (κ2) is 6.62. The fourth-order valence-electron chi connectivity index (χ4n) is 5.84. The molecular formula is C20H25N5OS. The molecule has 0 atom stereocenters. The normalized spacial score (nSPS) is 31.2. The van der Waals surface area contributed by atoms with Crippen LogP contribution in [-0.4, -0.2) is 37.4 Å². The molecule has 142 valence electrons. The number of nitrogens with zero attached hydrogens (tertiary/aromatic N) is 4. The second-order valence-electron chi connectivity index (χ2n) is 8.74. The molecule has 2 aromatic rings. The highest BCUT2D eigenvalue weighted by atomic mass is 32.2. The van der Waals surface area contributed by atoms with Gasteiger partial charge >= 0.3 is 0 Å². The Morgan fingerprint density at radius 3 is 2.41 bits per heavy atom.